The highest BCUT2D eigenvalue weighted by molar-refractivity contribution is 5.90. The summed E-state index contributed by atoms with van der Waals surface area (Å²) in [6, 6.07) is 16.6. The smallest absolute Gasteiger partial charge is 0.292 e. The lowest BCUT2D eigenvalue weighted by atomic mass is 9.93. The third-order valence-electron chi connectivity index (χ3n) is 5.96. The van der Waals surface area contributed by atoms with Crippen molar-refractivity contribution in [3.63, 3.8) is 0 Å². The van der Waals surface area contributed by atoms with E-state index in [-0.39, 0.29) is 23.3 Å². The first-order valence-corrected chi connectivity index (χ1v) is 11.4. The van der Waals surface area contributed by atoms with Gasteiger partial charge in [0, 0.05) is 31.3 Å². The number of nitrogens with zero attached hydrogens (tertiary/aromatic N) is 4. The molecule has 1 N–H and O–H groups in total. The molecule has 0 unspecified atom stereocenters. The van der Waals surface area contributed by atoms with Crippen LogP contribution in [0.5, 0.6) is 0 Å². The third-order valence-corrected chi connectivity index (χ3v) is 5.96. The largest absolute Gasteiger partial charge is 0.349 e. The summed E-state index contributed by atoms with van der Waals surface area (Å²) in [4.78, 5) is 29.2. The number of likely N-dealkylation sites (tertiary alicyclic amines) is 1. The predicted molar refractivity (Wildman–Crippen MR) is 128 cm³/mol. The summed E-state index contributed by atoms with van der Waals surface area (Å²) in [5, 5.41) is 17.3. The van der Waals surface area contributed by atoms with Crippen LogP contribution >= 0.6 is 0 Å². The standard InChI is InChI=1S/C25H27N5O4/c31-25(24-27-23(34-28-24)11-8-19-6-9-22(10-7-19)30(32)33)26-15-12-20-13-16-29(17-14-20)18-21-4-2-1-3-5-21/h1-11,20H,12-18H2,(H,26,31)/b11-8+. The number of hydrogen-bond acceptors (Lipinski definition) is 7. The van der Waals surface area contributed by atoms with Crippen LogP contribution in [0.25, 0.3) is 12.2 Å². The van der Waals surface area contributed by atoms with Crippen LogP contribution in [0, 0.1) is 16.0 Å². The number of nitro benzene ring substituents is 1. The maximum atomic E-state index is 12.3. The highest BCUT2D eigenvalue weighted by Gasteiger charge is 2.20. The number of carbonyl (C=O) groups is 1. The van der Waals surface area contributed by atoms with Crippen molar-refractivity contribution in [3.05, 3.63) is 87.6 Å². The van der Waals surface area contributed by atoms with Crippen molar-refractivity contribution in [1.29, 1.82) is 0 Å². The zero-order chi connectivity index (χ0) is 23.8. The fourth-order valence-corrected chi connectivity index (χ4v) is 4.01. The molecule has 2 aromatic carbocycles. The van der Waals surface area contributed by atoms with Crippen molar-refractivity contribution < 1.29 is 14.2 Å². The molecule has 34 heavy (non-hydrogen) atoms. The lowest BCUT2D eigenvalue weighted by Crippen LogP contribution is -2.35. The Morgan fingerprint density at radius 2 is 1.85 bits per heavy atom. The van der Waals surface area contributed by atoms with Gasteiger partial charge >= 0.3 is 0 Å². The van der Waals surface area contributed by atoms with E-state index in [1.165, 1.54) is 17.7 Å². The molecule has 0 radical (unpaired) electrons. The third kappa shape index (κ3) is 6.58. The SMILES string of the molecule is O=C(NCCC1CCN(Cc2ccccc2)CC1)c1noc(/C=C/c2ccc([N+](=O)[O-])cc2)n1. The number of amides is 1. The van der Waals surface area contributed by atoms with Crippen LogP contribution in [-0.4, -0.2) is 45.5 Å². The van der Waals surface area contributed by atoms with Gasteiger partial charge < -0.3 is 9.84 Å². The average Bonchev–Trinajstić information content (AvgIpc) is 3.34. The Kier molecular flexibility index (Phi) is 7.77. The number of benzene rings is 2. The highest BCUT2D eigenvalue weighted by Crippen LogP contribution is 2.21. The normalized spacial score (nSPS) is 14.9. The first-order valence-electron chi connectivity index (χ1n) is 11.4. The van der Waals surface area contributed by atoms with E-state index in [0.717, 1.165) is 44.5 Å². The molecular weight excluding hydrogens is 434 g/mol. The summed E-state index contributed by atoms with van der Waals surface area (Å²) < 4.78 is 5.10. The number of non-ortho nitro benzene ring substituents is 1. The molecular formula is C25H27N5O4. The number of hydrogen-bond donors (Lipinski definition) is 1. The molecule has 1 fully saturated rings. The Labute approximate surface area is 197 Å². The minimum atomic E-state index is -0.453. The molecule has 0 aliphatic carbocycles. The van der Waals surface area contributed by atoms with E-state index < -0.39 is 4.92 Å². The topological polar surface area (TPSA) is 114 Å². The van der Waals surface area contributed by atoms with Gasteiger partial charge in [-0.15, -0.1) is 0 Å². The zero-order valence-corrected chi connectivity index (χ0v) is 18.8. The van der Waals surface area contributed by atoms with Gasteiger partial charge in [-0.25, -0.2) is 0 Å². The minimum absolute atomic E-state index is 0.0129. The van der Waals surface area contributed by atoms with Gasteiger partial charge in [0.2, 0.25) is 0 Å². The van der Waals surface area contributed by atoms with Gasteiger partial charge in [0.1, 0.15) is 0 Å². The van der Waals surface area contributed by atoms with E-state index in [4.69, 9.17) is 4.52 Å². The summed E-state index contributed by atoms with van der Waals surface area (Å²) >= 11 is 0. The number of piperidine rings is 1. The van der Waals surface area contributed by atoms with Crippen molar-refractivity contribution >= 4 is 23.7 Å². The Hall–Kier alpha value is -3.85. The van der Waals surface area contributed by atoms with E-state index in [1.807, 2.05) is 6.07 Å². The second-order valence-corrected chi connectivity index (χ2v) is 8.39. The zero-order valence-electron chi connectivity index (χ0n) is 18.8. The quantitative estimate of drug-likeness (QED) is 0.375. The number of rotatable bonds is 9. The summed E-state index contributed by atoms with van der Waals surface area (Å²) in [6.45, 7) is 3.71. The van der Waals surface area contributed by atoms with Crippen LogP contribution in [0.1, 0.15) is 46.9 Å². The summed E-state index contributed by atoms with van der Waals surface area (Å²) in [5.74, 6) is 0.411. The summed E-state index contributed by atoms with van der Waals surface area (Å²) in [7, 11) is 0. The number of aromatic nitrogens is 2. The average molecular weight is 462 g/mol. The molecule has 2 heterocycles. The van der Waals surface area contributed by atoms with E-state index in [1.54, 1.807) is 24.3 Å². The molecule has 9 nitrogen and oxygen atoms in total. The van der Waals surface area contributed by atoms with Crippen LogP contribution in [0.3, 0.4) is 0 Å². The molecule has 0 atom stereocenters. The van der Waals surface area contributed by atoms with E-state index in [9.17, 15) is 14.9 Å². The van der Waals surface area contributed by atoms with Crippen LogP contribution < -0.4 is 5.32 Å². The highest BCUT2D eigenvalue weighted by atomic mass is 16.6. The Morgan fingerprint density at radius 3 is 2.56 bits per heavy atom. The number of nitrogens with one attached hydrogen (secondary N) is 1. The van der Waals surface area contributed by atoms with Crippen LogP contribution in [-0.2, 0) is 6.54 Å². The van der Waals surface area contributed by atoms with Crippen molar-refractivity contribution in [1.82, 2.24) is 20.4 Å². The molecule has 1 saturated heterocycles. The van der Waals surface area contributed by atoms with Crippen molar-refractivity contribution in [2.75, 3.05) is 19.6 Å². The second kappa shape index (κ2) is 11.3. The lowest BCUT2D eigenvalue weighted by Gasteiger charge is -2.32. The molecule has 0 saturated carbocycles. The molecule has 1 aromatic heterocycles. The molecule has 0 bridgehead atoms. The predicted octanol–water partition coefficient (Wildman–Crippen LogP) is 4.18. The first-order chi connectivity index (χ1) is 16.6. The molecule has 1 aliphatic heterocycles. The van der Waals surface area contributed by atoms with Crippen LogP contribution in [0.15, 0.2) is 59.1 Å². The van der Waals surface area contributed by atoms with Crippen LogP contribution in [0.4, 0.5) is 5.69 Å². The van der Waals surface area contributed by atoms with Gasteiger partial charge in [0.05, 0.1) is 4.92 Å². The van der Waals surface area contributed by atoms with Gasteiger partial charge in [-0.1, -0.05) is 35.5 Å². The van der Waals surface area contributed by atoms with Gasteiger partial charge in [0.25, 0.3) is 23.3 Å². The van der Waals surface area contributed by atoms with E-state index in [2.05, 4.69) is 44.6 Å². The molecule has 176 valence electrons. The fraction of sp³-hybridized carbons (Fsp3) is 0.320. The monoisotopic (exact) mass is 461 g/mol. The van der Waals surface area contributed by atoms with E-state index in [0.29, 0.717) is 12.5 Å². The van der Waals surface area contributed by atoms with Crippen molar-refractivity contribution in [2.45, 2.75) is 25.8 Å². The van der Waals surface area contributed by atoms with Gasteiger partial charge in [-0.3, -0.25) is 19.8 Å². The van der Waals surface area contributed by atoms with E-state index >= 15 is 0 Å². The number of carbonyl (C=O) groups excluding carboxylic acids is 1. The van der Waals surface area contributed by atoms with Gasteiger partial charge in [-0.05, 0) is 67.6 Å². The van der Waals surface area contributed by atoms with Gasteiger partial charge in [-0.2, -0.15) is 4.98 Å². The Bertz CT molecular complexity index is 1120. The second-order valence-electron chi connectivity index (χ2n) is 8.39. The van der Waals surface area contributed by atoms with Gasteiger partial charge in [0.15, 0.2) is 0 Å². The molecule has 9 heteroatoms. The Morgan fingerprint density at radius 1 is 1.12 bits per heavy atom. The minimum Gasteiger partial charge on any atom is -0.349 e. The molecule has 0 spiro atoms. The molecule has 1 amide bonds. The summed E-state index contributed by atoms with van der Waals surface area (Å²) in [6.07, 6.45) is 6.43. The number of nitro groups is 1. The maximum absolute atomic E-state index is 12.3. The molecule has 1 aliphatic rings. The fourth-order valence-electron chi connectivity index (χ4n) is 4.01. The van der Waals surface area contributed by atoms with Crippen molar-refractivity contribution in [2.24, 2.45) is 5.92 Å². The maximum Gasteiger partial charge on any atom is 0.292 e. The summed E-state index contributed by atoms with van der Waals surface area (Å²) in [5.41, 5.74) is 2.10. The Balaban J connectivity index is 1.17. The lowest BCUT2D eigenvalue weighted by molar-refractivity contribution is -0.384. The first kappa shape index (κ1) is 23.3. The molecule has 4 rings (SSSR count). The van der Waals surface area contributed by atoms with Crippen molar-refractivity contribution in [3.8, 4) is 0 Å². The molecule has 3 aromatic rings. The van der Waals surface area contributed by atoms with Crippen LogP contribution in [0.2, 0.25) is 0 Å².